The normalized spacial score (nSPS) is 13.3. The summed E-state index contributed by atoms with van der Waals surface area (Å²) in [6, 6.07) is 65.0. The van der Waals surface area contributed by atoms with E-state index in [1.54, 1.807) is 0 Å². The highest BCUT2D eigenvalue weighted by Gasteiger charge is 2.45. The van der Waals surface area contributed by atoms with Crippen molar-refractivity contribution in [3.05, 3.63) is 193 Å². The zero-order chi connectivity index (χ0) is 42.9. The minimum atomic E-state index is -0.0450. The van der Waals surface area contributed by atoms with E-state index in [0.29, 0.717) is 17.8 Å². The van der Waals surface area contributed by atoms with Gasteiger partial charge in [0.15, 0.2) is 0 Å². The van der Waals surface area contributed by atoms with Gasteiger partial charge in [-0.15, -0.1) is 0 Å². The number of hydrogen-bond donors (Lipinski definition) is 0. The van der Waals surface area contributed by atoms with Crippen LogP contribution in [0.2, 0.25) is 0 Å². The highest BCUT2D eigenvalue weighted by molar-refractivity contribution is 8.00. The Kier molecular flexibility index (Phi) is 9.88. The number of para-hydroxylation sites is 4. The van der Waals surface area contributed by atoms with E-state index in [2.05, 4.69) is 227 Å². The average Bonchev–Trinajstić information content (AvgIpc) is 3.30. The third-order valence-electron chi connectivity index (χ3n) is 13.3. The molecule has 8 aromatic rings. The molecule has 63 heavy (non-hydrogen) atoms. The van der Waals surface area contributed by atoms with Gasteiger partial charge in [0.1, 0.15) is 11.5 Å². The molecule has 0 aliphatic carbocycles. The van der Waals surface area contributed by atoms with Crippen LogP contribution in [-0.2, 0) is 0 Å². The van der Waals surface area contributed by atoms with Crippen molar-refractivity contribution in [2.75, 3.05) is 9.80 Å². The minimum absolute atomic E-state index is 0.0450. The summed E-state index contributed by atoms with van der Waals surface area (Å²) in [7, 11) is 0. The molecule has 6 heteroatoms. The van der Waals surface area contributed by atoms with Gasteiger partial charge in [-0.25, -0.2) is 0 Å². The van der Waals surface area contributed by atoms with Crippen LogP contribution in [0, 0.1) is 0 Å². The third-order valence-corrected chi connectivity index (χ3v) is 14.5. The topological polar surface area (TPSA) is 15.7 Å². The Morgan fingerprint density at radius 3 is 1.65 bits per heavy atom. The average molecular weight is 833 g/mol. The lowest BCUT2D eigenvalue weighted by Gasteiger charge is -2.42. The Balaban J connectivity index is 1.21. The van der Waals surface area contributed by atoms with Gasteiger partial charge >= 0.3 is 0 Å². The van der Waals surface area contributed by atoms with Crippen molar-refractivity contribution in [1.82, 2.24) is 0 Å². The zero-order valence-corrected chi connectivity index (χ0v) is 37.7. The van der Waals surface area contributed by atoms with Crippen LogP contribution in [0.3, 0.4) is 0 Å². The zero-order valence-electron chi connectivity index (χ0n) is 36.8. The monoisotopic (exact) mass is 832 g/mol. The molecule has 3 aliphatic heterocycles. The number of nitrogens with zero attached hydrogens (tertiary/aromatic N) is 2. The summed E-state index contributed by atoms with van der Waals surface area (Å²) in [6.07, 6.45) is 0. The summed E-state index contributed by atoms with van der Waals surface area (Å²) in [5.41, 5.74) is 19.0. The van der Waals surface area contributed by atoms with Crippen LogP contribution in [0.5, 0.6) is 11.5 Å². The summed E-state index contributed by atoms with van der Waals surface area (Å²) in [5.74, 6) is 2.97. The van der Waals surface area contributed by atoms with Crippen molar-refractivity contribution in [2.45, 2.75) is 69.1 Å². The lowest BCUT2D eigenvalue weighted by Crippen LogP contribution is -2.63. The van der Waals surface area contributed by atoms with E-state index >= 15 is 0 Å². The van der Waals surface area contributed by atoms with Gasteiger partial charge < -0.3 is 14.5 Å². The summed E-state index contributed by atoms with van der Waals surface area (Å²) in [5, 5.41) is 0. The van der Waals surface area contributed by atoms with Gasteiger partial charge in [0.2, 0.25) is 6.71 Å². The fourth-order valence-electron chi connectivity index (χ4n) is 10.4. The Labute approximate surface area is 377 Å². The second-order valence-electron chi connectivity index (χ2n) is 18.2. The van der Waals surface area contributed by atoms with E-state index < -0.39 is 0 Å². The van der Waals surface area contributed by atoms with E-state index in [0.717, 1.165) is 39.9 Å². The largest absolute Gasteiger partial charge is 0.458 e. The van der Waals surface area contributed by atoms with Crippen LogP contribution >= 0.6 is 11.8 Å². The van der Waals surface area contributed by atoms with Crippen molar-refractivity contribution in [1.29, 1.82) is 0 Å². The molecule has 3 nitrogen and oxygen atoms in total. The fourth-order valence-corrected chi connectivity index (χ4v) is 11.5. The van der Waals surface area contributed by atoms with Gasteiger partial charge in [0.05, 0.1) is 5.69 Å². The maximum Gasteiger partial charge on any atom is 0.256 e. The van der Waals surface area contributed by atoms with Crippen molar-refractivity contribution in [2.24, 2.45) is 0 Å². The maximum atomic E-state index is 7.09. The smallest absolute Gasteiger partial charge is 0.256 e. The first-order chi connectivity index (χ1) is 30.7. The quantitative estimate of drug-likeness (QED) is 0.142. The lowest BCUT2D eigenvalue weighted by atomic mass is 9.31. The number of rotatable bonds is 8. The van der Waals surface area contributed by atoms with Gasteiger partial charge in [-0.3, -0.25) is 0 Å². The van der Waals surface area contributed by atoms with Gasteiger partial charge in [0, 0.05) is 44.3 Å². The molecule has 0 unspecified atom stereocenters. The summed E-state index contributed by atoms with van der Waals surface area (Å²) in [4.78, 5) is 7.50. The van der Waals surface area contributed by atoms with Crippen molar-refractivity contribution in [3.63, 3.8) is 0 Å². The van der Waals surface area contributed by atoms with E-state index in [1.807, 2.05) is 11.8 Å². The first-order valence-electron chi connectivity index (χ1n) is 22.6. The lowest BCUT2D eigenvalue weighted by molar-refractivity contribution is 0.487. The van der Waals surface area contributed by atoms with Gasteiger partial charge in [-0.1, -0.05) is 179 Å². The maximum absolute atomic E-state index is 7.09. The molecular weight excluding hydrogens is 782 g/mol. The van der Waals surface area contributed by atoms with Crippen LogP contribution in [0.15, 0.2) is 186 Å². The summed E-state index contributed by atoms with van der Waals surface area (Å²) >= 11 is 1.92. The molecule has 0 N–H and O–H groups in total. The number of ether oxygens (including phenoxy) is 1. The van der Waals surface area contributed by atoms with Crippen LogP contribution in [0.25, 0.3) is 0 Å². The van der Waals surface area contributed by atoms with E-state index in [1.165, 1.54) is 64.9 Å². The Morgan fingerprint density at radius 2 is 1.02 bits per heavy atom. The second-order valence-corrected chi connectivity index (χ2v) is 19.3. The van der Waals surface area contributed by atoms with Crippen molar-refractivity contribution < 1.29 is 4.74 Å². The molecule has 0 saturated heterocycles. The molecule has 8 aromatic carbocycles. The highest BCUT2D eigenvalue weighted by atomic mass is 32.2. The molecule has 0 atom stereocenters. The van der Waals surface area contributed by atoms with E-state index in [-0.39, 0.29) is 13.4 Å². The molecule has 3 aliphatic rings. The Bertz CT molecular complexity index is 2960. The van der Waals surface area contributed by atoms with Crippen LogP contribution in [-0.4, -0.2) is 13.4 Å². The number of benzene rings is 8. The van der Waals surface area contributed by atoms with Crippen molar-refractivity contribution >= 4 is 92.1 Å². The molecule has 0 fully saturated rings. The molecule has 0 aromatic heterocycles. The molecule has 0 spiro atoms. The van der Waals surface area contributed by atoms with Gasteiger partial charge in [-0.05, 0) is 111 Å². The van der Waals surface area contributed by atoms with Gasteiger partial charge in [0.25, 0.3) is 6.71 Å². The Morgan fingerprint density at radius 1 is 0.444 bits per heavy atom. The molecule has 306 valence electrons. The Hall–Kier alpha value is -6.36. The standard InChI is InChI=1S/C57H50B2N2OS/c1-36(2)39-30-44(37(3)4)56(45(31-39)38(5)6)59-47-27-17-19-29-54(47)63-55-35-50-48(34-49(55)59)58-46-26-16-18-28-52(46)62-53-33-43(32-51(57(53)58)61(50)42-24-14-9-15-25-42)60(40-20-10-7-11-21-40)41-22-12-8-13-23-41/h7-38H,1-6H3. The molecule has 0 bridgehead atoms. The van der Waals surface area contributed by atoms with Crippen molar-refractivity contribution in [3.8, 4) is 11.5 Å². The van der Waals surface area contributed by atoms with Crippen LogP contribution in [0.4, 0.5) is 34.1 Å². The number of anilines is 6. The van der Waals surface area contributed by atoms with Crippen LogP contribution < -0.4 is 47.3 Å². The molecule has 0 radical (unpaired) electrons. The van der Waals surface area contributed by atoms with Crippen LogP contribution in [0.1, 0.15) is 76.0 Å². The molecular formula is C57H50B2N2OS. The number of hydrogen-bond acceptors (Lipinski definition) is 4. The third kappa shape index (κ3) is 6.61. The first kappa shape index (κ1) is 39.5. The van der Waals surface area contributed by atoms with E-state index in [4.69, 9.17) is 4.74 Å². The molecule has 0 amide bonds. The SMILES string of the molecule is CC(C)c1cc(C(C)C)c(B2c3ccccc3Sc3cc4c(cc32)B2c3ccccc3Oc3cc(N(c5ccccc5)c5ccccc5)cc(c32)N4c2ccccc2)c(C(C)C)c1. The minimum Gasteiger partial charge on any atom is -0.458 e. The second kappa shape index (κ2) is 15.8. The molecule has 0 saturated carbocycles. The molecule has 3 heterocycles. The van der Waals surface area contributed by atoms with E-state index in [9.17, 15) is 0 Å². The van der Waals surface area contributed by atoms with Gasteiger partial charge in [-0.2, -0.15) is 0 Å². The fraction of sp³-hybridized carbons (Fsp3) is 0.158. The summed E-state index contributed by atoms with van der Waals surface area (Å²) < 4.78 is 7.09. The number of fused-ring (bicyclic) bond motifs is 6. The summed E-state index contributed by atoms with van der Waals surface area (Å²) in [6.45, 7) is 14.2. The highest BCUT2D eigenvalue weighted by Crippen LogP contribution is 2.47. The predicted octanol–water partition coefficient (Wildman–Crippen LogP) is 11.9. The molecule has 11 rings (SSSR count). The first-order valence-corrected chi connectivity index (χ1v) is 23.4. The predicted molar refractivity (Wildman–Crippen MR) is 271 cm³/mol.